The Hall–Kier alpha value is -2.53. The molecule has 1 fully saturated rings. The molecule has 11 nitrogen and oxygen atoms in total. The highest BCUT2D eigenvalue weighted by Gasteiger charge is 2.36. The van der Waals surface area contributed by atoms with Gasteiger partial charge in [-0.25, -0.2) is 17.2 Å². The molecule has 1 aromatic heterocycles. The van der Waals surface area contributed by atoms with Gasteiger partial charge in [0.25, 0.3) is 10.0 Å². The SMILES string of the molecule is [B]C(O)(O)N1CC[C@@H](Nc2cccc3c2cc(C#CCNc2cc4c(cc2OC)S(=O)(=O)N(N)C4)n3CC(F)(P)P)[C@@H](F)C1. The van der Waals surface area contributed by atoms with Crippen LogP contribution in [0.4, 0.5) is 20.2 Å². The minimum Gasteiger partial charge on any atom is -0.495 e. The van der Waals surface area contributed by atoms with Gasteiger partial charge in [0.2, 0.25) is 0 Å². The van der Waals surface area contributed by atoms with Crippen LogP contribution in [-0.2, 0) is 23.1 Å². The highest BCUT2D eigenvalue weighted by atomic mass is 32.2. The van der Waals surface area contributed by atoms with Crippen molar-refractivity contribution in [1.82, 2.24) is 13.9 Å². The Labute approximate surface area is 260 Å². The van der Waals surface area contributed by atoms with Crippen molar-refractivity contribution in [3.63, 3.8) is 0 Å². The Morgan fingerprint density at radius 3 is 2.66 bits per heavy atom. The van der Waals surface area contributed by atoms with E-state index in [-0.39, 0.29) is 44.0 Å². The molecule has 5 rings (SSSR count). The number of aromatic nitrogens is 1. The number of benzene rings is 2. The van der Waals surface area contributed by atoms with Gasteiger partial charge in [0.15, 0.2) is 18.8 Å². The van der Waals surface area contributed by atoms with E-state index in [4.69, 9.17) is 18.4 Å². The first-order valence-electron chi connectivity index (χ1n) is 13.6. The van der Waals surface area contributed by atoms with Crippen molar-refractivity contribution >= 4 is 58.6 Å². The summed E-state index contributed by atoms with van der Waals surface area (Å²) in [6, 6.07) is 9.67. The van der Waals surface area contributed by atoms with Crippen molar-refractivity contribution in [2.75, 3.05) is 37.4 Å². The van der Waals surface area contributed by atoms with Crippen molar-refractivity contribution in [3.8, 4) is 17.6 Å². The standard InChI is InChI=1S/C27H33BF2N6O5P2S/c1-41-24-12-25-16(13-36(31)44(25,39)40)10-22(24)32-8-3-4-17-11-18-20(5-2-6-23(18)35(17)15-26(30,42)43)33-21-7-9-34(14-19(21)29)27(28,37)38/h2,5-6,10-12,19,21,32-33,37-38H,7-9,13-15,31,42-43H2,1H3/t19-,21+/m0/s1. The van der Waals surface area contributed by atoms with E-state index in [1.807, 2.05) is 6.07 Å². The van der Waals surface area contributed by atoms with Crippen LogP contribution >= 0.6 is 18.5 Å². The Kier molecular flexibility index (Phi) is 9.22. The number of halogens is 2. The van der Waals surface area contributed by atoms with Crippen LogP contribution in [0.15, 0.2) is 41.3 Å². The second-order valence-electron chi connectivity index (χ2n) is 10.8. The van der Waals surface area contributed by atoms with E-state index < -0.39 is 33.2 Å². The summed E-state index contributed by atoms with van der Waals surface area (Å²) in [5.74, 6) is 9.50. The number of nitrogens with one attached hydrogen (secondary N) is 2. The van der Waals surface area contributed by atoms with Crippen LogP contribution in [0.1, 0.15) is 17.7 Å². The van der Waals surface area contributed by atoms with Gasteiger partial charge in [-0.2, -0.15) is 0 Å². The molecule has 44 heavy (non-hydrogen) atoms. The third-order valence-corrected chi connectivity index (χ3v) is 9.62. The summed E-state index contributed by atoms with van der Waals surface area (Å²) < 4.78 is 62.6. The Morgan fingerprint density at radius 2 is 2.00 bits per heavy atom. The number of aliphatic hydroxyl groups is 2. The third kappa shape index (κ3) is 6.83. The lowest BCUT2D eigenvalue weighted by molar-refractivity contribution is -0.207. The van der Waals surface area contributed by atoms with Gasteiger partial charge in [-0.1, -0.05) is 30.5 Å². The first-order valence-corrected chi connectivity index (χ1v) is 16.2. The smallest absolute Gasteiger partial charge is 0.256 e. The van der Waals surface area contributed by atoms with Crippen LogP contribution in [0.3, 0.4) is 0 Å². The predicted molar refractivity (Wildman–Crippen MR) is 172 cm³/mol. The molecule has 17 heteroatoms. The topological polar surface area (TPSA) is 145 Å². The van der Waals surface area contributed by atoms with E-state index >= 15 is 4.39 Å². The molecule has 3 aromatic rings. The summed E-state index contributed by atoms with van der Waals surface area (Å²) in [6.45, 7) is 0.0468. The van der Waals surface area contributed by atoms with Crippen LogP contribution in [0.25, 0.3) is 10.9 Å². The number of ether oxygens (including phenoxy) is 1. The van der Waals surface area contributed by atoms with E-state index in [9.17, 15) is 23.0 Å². The Morgan fingerprint density at radius 1 is 1.25 bits per heavy atom. The van der Waals surface area contributed by atoms with Crippen molar-refractivity contribution in [1.29, 1.82) is 0 Å². The monoisotopic (exact) mass is 664 g/mol. The van der Waals surface area contributed by atoms with Gasteiger partial charge in [-0.3, -0.25) is 10.7 Å². The molecule has 2 aromatic carbocycles. The normalized spacial score (nSPS) is 20.6. The quantitative estimate of drug-likeness (QED) is 0.0795. The van der Waals surface area contributed by atoms with Crippen molar-refractivity contribution in [2.45, 2.75) is 47.6 Å². The molecule has 234 valence electrons. The number of sulfonamides is 1. The summed E-state index contributed by atoms with van der Waals surface area (Å²) in [5, 5.41) is 24.6. The van der Waals surface area contributed by atoms with Crippen molar-refractivity contribution < 1.29 is 32.1 Å². The molecule has 4 atom stereocenters. The van der Waals surface area contributed by atoms with E-state index in [2.05, 4.69) is 41.0 Å². The average Bonchev–Trinajstić information content (AvgIpc) is 3.38. The number of alkyl halides is 2. The van der Waals surface area contributed by atoms with Gasteiger partial charge in [0, 0.05) is 30.2 Å². The molecule has 3 heterocycles. The third-order valence-electron chi connectivity index (χ3n) is 7.57. The summed E-state index contributed by atoms with van der Waals surface area (Å²) in [5.41, 5.74) is 2.90. The number of hydrazine groups is 1. The second kappa shape index (κ2) is 12.3. The zero-order chi connectivity index (χ0) is 32.0. The molecule has 0 amide bonds. The lowest BCUT2D eigenvalue weighted by atomic mass is 9.95. The van der Waals surface area contributed by atoms with E-state index in [0.29, 0.717) is 39.3 Å². The van der Waals surface area contributed by atoms with Gasteiger partial charge in [-0.15, -0.1) is 4.41 Å². The zero-order valence-corrected chi connectivity index (χ0v) is 26.9. The van der Waals surface area contributed by atoms with Gasteiger partial charge < -0.3 is 30.2 Å². The number of rotatable bonds is 8. The summed E-state index contributed by atoms with van der Waals surface area (Å²) >= 11 is 0. The van der Waals surface area contributed by atoms with Crippen LogP contribution in [-0.4, -0.2) is 90.3 Å². The molecule has 0 bridgehead atoms. The van der Waals surface area contributed by atoms with E-state index in [0.717, 1.165) is 9.31 Å². The van der Waals surface area contributed by atoms with Crippen molar-refractivity contribution in [3.05, 3.63) is 47.7 Å². The summed E-state index contributed by atoms with van der Waals surface area (Å²) in [4.78, 5) is 1.14. The molecule has 2 aliphatic rings. The zero-order valence-electron chi connectivity index (χ0n) is 23.8. The lowest BCUT2D eigenvalue weighted by Gasteiger charge is -2.41. The minimum absolute atomic E-state index is 0.0342. The van der Waals surface area contributed by atoms with Crippen LogP contribution in [0.5, 0.6) is 5.75 Å². The maximum atomic E-state index is 15.0. The number of methoxy groups -OCH3 is 1. The molecule has 2 radical (unpaired) electrons. The molecular formula is C27H33BF2N6O5P2S. The lowest BCUT2D eigenvalue weighted by Crippen LogP contribution is -2.58. The number of hydrogen-bond acceptors (Lipinski definition) is 9. The fourth-order valence-corrected chi connectivity index (χ4v) is 7.06. The molecule has 0 spiro atoms. The Bertz CT molecular complexity index is 1740. The number of hydrogen-bond donors (Lipinski definition) is 5. The number of anilines is 2. The fourth-order valence-electron chi connectivity index (χ4n) is 5.42. The van der Waals surface area contributed by atoms with Crippen LogP contribution in [0, 0.1) is 11.8 Å². The van der Waals surface area contributed by atoms with Gasteiger partial charge >= 0.3 is 0 Å². The molecule has 6 N–H and O–H groups in total. The van der Waals surface area contributed by atoms with Crippen molar-refractivity contribution in [2.24, 2.45) is 5.84 Å². The molecule has 2 aliphatic heterocycles. The van der Waals surface area contributed by atoms with E-state index in [1.165, 1.54) is 13.2 Å². The molecular weight excluding hydrogens is 631 g/mol. The highest BCUT2D eigenvalue weighted by Crippen LogP contribution is 2.37. The first kappa shape index (κ1) is 32.9. The van der Waals surface area contributed by atoms with Crippen LogP contribution in [0.2, 0.25) is 0 Å². The number of fused-ring (bicyclic) bond motifs is 2. The molecule has 2 unspecified atom stereocenters. The average molecular weight is 664 g/mol. The van der Waals surface area contributed by atoms with Crippen LogP contribution < -0.4 is 21.2 Å². The second-order valence-corrected chi connectivity index (χ2v) is 15.3. The largest absolute Gasteiger partial charge is 0.495 e. The Balaban J connectivity index is 1.40. The maximum Gasteiger partial charge on any atom is 0.256 e. The number of piperidine rings is 1. The molecule has 0 saturated carbocycles. The van der Waals surface area contributed by atoms with E-state index in [1.54, 1.807) is 28.8 Å². The predicted octanol–water partition coefficient (Wildman–Crippen LogP) is 1.45. The fraction of sp³-hybridized carbons (Fsp3) is 0.407. The molecule has 0 aliphatic carbocycles. The number of likely N-dealkylation sites (tertiary alicyclic amines) is 1. The first-order chi connectivity index (χ1) is 20.6. The summed E-state index contributed by atoms with van der Waals surface area (Å²) in [6.07, 6.45) is -1.17. The maximum absolute atomic E-state index is 15.0. The van der Waals surface area contributed by atoms with Gasteiger partial charge in [-0.05, 0) is 42.2 Å². The van der Waals surface area contributed by atoms with Gasteiger partial charge in [0.1, 0.15) is 11.9 Å². The highest BCUT2D eigenvalue weighted by molar-refractivity contribution is 7.89. The number of nitrogens with two attached hydrogens (primary N) is 1. The number of nitrogens with zero attached hydrogens (tertiary/aromatic N) is 3. The minimum atomic E-state index is -3.77. The van der Waals surface area contributed by atoms with Gasteiger partial charge in [0.05, 0.1) is 54.6 Å². The molecule has 1 saturated heterocycles. The summed E-state index contributed by atoms with van der Waals surface area (Å²) in [7, 11) is 7.27.